The first kappa shape index (κ1) is 40.1. The Labute approximate surface area is 401 Å². The van der Waals surface area contributed by atoms with Crippen LogP contribution < -0.4 is 4.90 Å². The summed E-state index contributed by atoms with van der Waals surface area (Å²) in [7, 11) is 0. The second-order valence-corrected chi connectivity index (χ2v) is 17.7. The van der Waals surface area contributed by atoms with Crippen LogP contribution in [0.15, 0.2) is 271 Å². The van der Waals surface area contributed by atoms with Crippen LogP contribution in [0.5, 0.6) is 0 Å². The fourth-order valence-electron chi connectivity index (χ4n) is 10.3. The van der Waals surface area contributed by atoms with Crippen LogP contribution in [-0.2, 0) is 0 Å². The molecule has 0 unspecified atom stereocenters. The molecule has 0 radical (unpaired) electrons. The molecule has 13 aromatic rings. The molecule has 324 valence electrons. The smallest absolute Gasteiger partial charge is 0.143 e. The molecule has 69 heavy (non-hydrogen) atoms. The molecule has 0 saturated heterocycles. The SMILES string of the molecule is c1ccc(-c2ccc(N(c3ccc(-c4ccc(-c5cccc(-n6c7ccccc7c7ccccc76)c5)cc4)cc3)c3ccc(-c4ccc5c(oc6ccccc65)c4-c4ccccc4)cc3)cc2)cc1. The van der Waals surface area contributed by atoms with Gasteiger partial charge in [0.05, 0.1) is 11.0 Å². The lowest BCUT2D eigenvalue weighted by Crippen LogP contribution is -2.09. The maximum atomic E-state index is 6.62. The highest BCUT2D eigenvalue weighted by atomic mass is 16.3. The topological polar surface area (TPSA) is 21.3 Å². The summed E-state index contributed by atoms with van der Waals surface area (Å²) in [5.41, 5.74) is 20.1. The predicted molar refractivity (Wildman–Crippen MR) is 290 cm³/mol. The van der Waals surface area contributed by atoms with E-state index in [0.717, 1.165) is 72.5 Å². The van der Waals surface area contributed by atoms with Crippen molar-refractivity contribution in [2.45, 2.75) is 0 Å². The Morgan fingerprint density at radius 3 is 1.30 bits per heavy atom. The summed E-state index contributed by atoms with van der Waals surface area (Å²) >= 11 is 0. The third-order valence-electron chi connectivity index (χ3n) is 13.6. The summed E-state index contributed by atoms with van der Waals surface area (Å²) < 4.78 is 9.00. The Morgan fingerprint density at radius 1 is 0.290 bits per heavy atom. The van der Waals surface area contributed by atoms with Gasteiger partial charge in [-0.3, -0.25) is 0 Å². The zero-order valence-electron chi connectivity index (χ0n) is 37.7. The van der Waals surface area contributed by atoms with Gasteiger partial charge in [-0.15, -0.1) is 0 Å². The summed E-state index contributed by atoms with van der Waals surface area (Å²) in [4.78, 5) is 2.34. The average Bonchev–Trinajstić information content (AvgIpc) is 3.98. The Balaban J connectivity index is 0.838. The maximum absolute atomic E-state index is 6.62. The van der Waals surface area contributed by atoms with Gasteiger partial charge in [0.2, 0.25) is 0 Å². The van der Waals surface area contributed by atoms with Gasteiger partial charge < -0.3 is 13.9 Å². The lowest BCUT2D eigenvalue weighted by Gasteiger charge is -2.26. The molecule has 0 N–H and O–H groups in total. The van der Waals surface area contributed by atoms with Gasteiger partial charge in [0.25, 0.3) is 0 Å². The van der Waals surface area contributed by atoms with Gasteiger partial charge in [-0.1, -0.05) is 194 Å². The average molecular weight is 881 g/mol. The van der Waals surface area contributed by atoms with Crippen molar-refractivity contribution in [3.05, 3.63) is 267 Å². The lowest BCUT2D eigenvalue weighted by atomic mass is 9.92. The number of furan rings is 1. The van der Waals surface area contributed by atoms with Crippen molar-refractivity contribution in [3.63, 3.8) is 0 Å². The molecule has 0 bridgehead atoms. The number of hydrogen-bond acceptors (Lipinski definition) is 2. The van der Waals surface area contributed by atoms with E-state index < -0.39 is 0 Å². The minimum absolute atomic E-state index is 0.895. The van der Waals surface area contributed by atoms with Crippen molar-refractivity contribution in [3.8, 4) is 61.3 Å². The van der Waals surface area contributed by atoms with Gasteiger partial charge in [0.15, 0.2) is 0 Å². The first-order valence-electron chi connectivity index (χ1n) is 23.6. The van der Waals surface area contributed by atoms with E-state index in [1.54, 1.807) is 0 Å². The Morgan fingerprint density at radius 2 is 0.725 bits per heavy atom. The molecule has 3 heteroatoms. The van der Waals surface area contributed by atoms with Gasteiger partial charge in [-0.25, -0.2) is 0 Å². The lowest BCUT2D eigenvalue weighted by molar-refractivity contribution is 0.670. The molecule has 0 atom stereocenters. The van der Waals surface area contributed by atoms with Crippen molar-refractivity contribution in [2.24, 2.45) is 0 Å². The molecule has 0 aliphatic heterocycles. The van der Waals surface area contributed by atoms with Crippen LogP contribution in [0.2, 0.25) is 0 Å². The highest BCUT2D eigenvalue weighted by Crippen LogP contribution is 2.44. The van der Waals surface area contributed by atoms with Gasteiger partial charge in [0.1, 0.15) is 11.2 Å². The van der Waals surface area contributed by atoms with Gasteiger partial charge >= 0.3 is 0 Å². The minimum Gasteiger partial charge on any atom is -0.455 e. The first-order valence-corrected chi connectivity index (χ1v) is 23.6. The molecule has 3 nitrogen and oxygen atoms in total. The highest BCUT2D eigenvalue weighted by Gasteiger charge is 2.19. The fraction of sp³-hybridized carbons (Fsp3) is 0. The van der Waals surface area contributed by atoms with Gasteiger partial charge in [-0.05, 0) is 123 Å². The second kappa shape index (κ2) is 16.9. The molecular weight excluding hydrogens is 837 g/mol. The molecule has 0 aliphatic rings. The third-order valence-corrected chi connectivity index (χ3v) is 13.6. The number of fused-ring (bicyclic) bond motifs is 6. The standard InChI is InChI=1S/C66H44N2O/c1-3-14-45(15-4-1)47-30-36-53(37-31-47)67(55-40-34-50(35-41-55)57-42-43-61-60-22-9-12-25-64(60)69-66(61)65(57)51-16-5-2-6-17-51)54-38-32-48(33-39-54)46-26-28-49(29-27-46)52-18-13-19-56(44-52)68-62-23-10-7-20-58(62)59-21-8-11-24-63(59)68/h1-44H. The van der Waals surface area contributed by atoms with Crippen LogP contribution in [-0.4, -0.2) is 4.57 Å². The van der Waals surface area contributed by atoms with Crippen LogP contribution in [0.1, 0.15) is 0 Å². The molecule has 0 amide bonds. The Bertz CT molecular complexity index is 3910. The van der Waals surface area contributed by atoms with Gasteiger partial charge in [-0.2, -0.15) is 0 Å². The quantitative estimate of drug-likeness (QED) is 0.144. The molecule has 2 aromatic heterocycles. The zero-order chi connectivity index (χ0) is 45.7. The van der Waals surface area contributed by atoms with E-state index in [2.05, 4.69) is 270 Å². The second-order valence-electron chi connectivity index (χ2n) is 17.7. The summed E-state index contributed by atoms with van der Waals surface area (Å²) in [5, 5.41) is 4.78. The van der Waals surface area contributed by atoms with Crippen molar-refractivity contribution in [2.75, 3.05) is 4.90 Å². The van der Waals surface area contributed by atoms with E-state index in [9.17, 15) is 0 Å². The third kappa shape index (κ3) is 7.16. The predicted octanol–water partition coefficient (Wildman–Crippen LogP) is 18.5. The van der Waals surface area contributed by atoms with Crippen molar-refractivity contribution >= 4 is 60.8 Å². The van der Waals surface area contributed by atoms with Crippen LogP contribution in [0.25, 0.3) is 105 Å². The number of nitrogens with zero attached hydrogens (tertiary/aromatic N) is 2. The summed E-state index contributed by atoms with van der Waals surface area (Å²) in [5.74, 6) is 0. The maximum Gasteiger partial charge on any atom is 0.143 e. The summed E-state index contributed by atoms with van der Waals surface area (Å²) in [6.45, 7) is 0. The normalized spacial score (nSPS) is 11.5. The van der Waals surface area contributed by atoms with Gasteiger partial charge in [0, 0.05) is 49.9 Å². The van der Waals surface area contributed by atoms with E-state index in [4.69, 9.17) is 4.42 Å². The monoisotopic (exact) mass is 880 g/mol. The molecular formula is C66H44N2O. The van der Waals surface area contributed by atoms with E-state index in [0.29, 0.717) is 0 Å². The molecule has 0 aliphatic carbocycles. The molecule has 2 heterocycles. The number of anilines is 3. The first-order chi connectivity index (χ1) is 34.2. The van der Waals surface area contributed by atoms with Crippen molar-refractivity contribution in [1.29, 1.82) is 0 Å². The Kier molecular flexibility index (Phi) is 9.84. The summed E-state index contributed by atoms with van der Waals surface area (Å²) in [6.07, 6.45) is 0. The molecule has 0 spiro atoms. The number of hydrogen-bond donors (Lipinski definition) is 0. The molecule has 0 fully saturated rings. The zero-order valence-corrected chi connectivity index (χ0v) is 37.7. The minimum atomic E-state index is 0.895. The van der Waals surface area contributed by atoms with E-state index in [1.165, 1.54) is 49.6 Å². The van der Waals surface area contributed by atoms with Crippen LogP contribution >= 0.6 is 0 Å². The van der Waals surface area contributed by atoms with E-state index in [1.807, 2.05) is 6.07 Å². The number of benzene rings is 11. The largest absolute Gasteiger partial charge is 0.455 e. The van der Waals surface area contributed by atoms with Crippen LogP contribution in [0, 0.1) is 0 Å². The van der Waals surface area contributed by atoms with Crippen LogP contribution in [0.3, 0.4) is 0 Å². The number of rotatable bonds is 9. The molecule has 13 rings (SSSR count). The van der Waals surface area contributed by atoms with Crippen molar-refractivity contribution in [1.82, 2.24) is 4.57 Å². The van der Waals surface area contributed by atoms with E-state index in [-0.39, 0.29) is 0 Å². The molecule has 11 aromatic carbocycles. The highest BCUT2D eigenvalue weighted by molar-refractivity contribution is 6.13. The van der Waals surface area contributed by atoms with E-state index >= 15 is 0 Å². The number of aromatic nitrogens is 1. The number of para-hydroxylation sites is 3. The van der Waals surface area contributed by atoms with Crippen LogP contribution in [0.4, 0.5) is 17.1 Å². The van der Waals surface area contributed by atoms with Crippen molar-refractivity contribution < 1.29 is 4.42 Å². The molecule has 0 saturated carbocycles. The Hall–Kier alpha value is -9.18. The fourth-order valence-corrected chi connectivity index (χ4v) is 10.3. The summed E-state index contributed by atoms with van der Waals surface area (Å²) in [6, 6.07) is 95.9.